The summed E-state index contributed by atoms with van der Waals surface area (Å²) in [6, 6.07) is 13.7. The first kappa shape index (κ1) is 29.6. The molecular formula is C27H29F3N2O6S. The van der Waals surface area contributed by atoms with Crippen LogP contribution in [0.3, 0.4) is 0 Å². The Labute approximate surface area is 225 Å². The van der Waals surface area contributed by atoms with Crippen LogP contribution in [0.25, 0.3) is 0 Å². The largest absolute Gasteiger partial charge is 0.497 e. The predicted octanol–water partition coefficient (Wildman–Crippen LogP) is 6.32. The molecule has 3 aromatic rings. The highest BCUT2D eigenvalue weighted by atomic mass is 32.2. The van der Waals surface area contributed by atoms with Crippen LogP contribution in [-0.4, -0.2) is 39.6 Å². The lowest BCUT2D eigenvalue weighted by Crippen LogP contribution is -2.40. The second-order valence-corrected chi connectivity index (χ2v) is 10.2. The number of nitrogens with zero attached hydrogens (tertiary/aromatic N) is 1. The molecule has 39 heavy (non-hydrogen) atoms. The van der Waals surface area contributed by atoms with Crippen molar-refractivity contribution in [1.29, 1.82) is 0 Å². The van der Waals surface area contributed by atoms with E-state index in [0.29, 0.717) is 35.2 Å². The molecule has 0 saturated heterocycles. The monoisotopic (exact) mass is 566 g/mol. The fraction of sp³-hybridized carbons (Fsp3) is 0.296. The molecule has 3 rings (SSSR count). The van der Waals surface area contributed by atoms with E-state index in [2.05, 4.69) is 5.32 Å². The van der Waals surface area contributed by atoms with E-state index in [0.717, 1.165) is 18.2 Å². The quantitative estimate of drug-likeness (QED) is 0.289. The van der Waals surface area contributed by atoms with Crippen LogP contribution in [0.5, 0.6) is 17.2 Å². The van der Waals surface area contributed by atoms with Crippen molar-refractivity contribution in [3.8, 4) is 17.2 Å². The van der Waals surface area contributed by atoms with E-state index in [4.69, 9.17) is 13.7 Å². The average Bonchev–Trinajstić information content (AvgIpc) is 2.91. The predicted molar refractivity (Wildman–Crippen MR) is 140 cm³/mol. The average molecular weight is 567 g/mol. The first-order valence-corrected chi connectivity index (χ1v) is 13.3. The maximum absolute atomic E-state index is 13.2. The van der Waals surface area contributed by atoms with Crippen molar-refractivity contribution in [3.05, 3.63) is 77.9 Å². The molecule has 0 aliphatic rings. The second-order valence-electron chi connectivity index (χ2n) is 8.62. The third-order valence-electron chi connectivity index (χ3n) is 5.92. The first-order valence-electron chi connectivity index (χ1n) is 11.9. The molecule has 8 nitrogen and oxygen atoms in total. The van der Waals surface area contributed by atoms with Gasteiger partial charge in [-0.2, -0.15) is 21.6 Å². The molecule has 1 atom stereocenters. The van der Waals surface area contributed by atoms with Gasteiger partial charge in [0.05, 0.1) is 19.8 Å². The summed E-state index contributed by atoms with van der Waals surface area (Å²) in [5.74, 6) is 0.935. The summed E-state index contributed by atoms with van der Waals surface area (Å²) in [4.78, 5) is 14.2. The summed E-state index contributed by atoms with van der Waals surface area (Å²) < 4.78 is 79.6. The van der Waals surface area contributed by atoms with Gasteiger partial charge in [0.1, 0.15) is 22.1 Å². The Bertz CT molecular complexity index is 1370. The fourth-order valence-electron chi connectivity index (χ4n) is 3.57. The van der Waals surface area contributed by atoms with Crippen LogP contribution in [0.15, 0.2) is 71.6 Å². The molecule has 0 aliphatic carbocycles. The SMILES string of the molecule is CCC(C)N(Cc1ccc(OS(=O)(=O)c2cccc(C(F)(F)F)c2)cc1)C(=O)Nc1cc(OC)cc(OC)c1. The molecule has 0 fully saturated rings. The number of hydrogen-bond acceptors (Lipinski definition) is 6. The number of amides is 2. The minimum atomic E-state index is -4.69. The van der Waals surface area contributed by atoms with Crippen LogP contribution >= 0.6 is 0 Å². The highest BCUT2D eigenvalue weighted by Crippen LogP contribution is 2.31. The number of carbonyl (C=O) groups is 1. The highest BCUT2D eigenvalue weighted by Gasteiger charge is 2.32. The number of ether oxygens (including phenoxy) is 2. The van der Waals surface area contributed by atoms with Gasteiger partial charge in [0, 0.05) is 36.5 Å². The van der Waals surface area contributed by atoms with Crippen molar-refractivity contribution in [3.63, 3.8) is 0 Å². The molecule has 0 bridgehead atoms. The van der Waals surface area contributed by atoms with Crippen molar-refractivity contribution in [2.45, 2.75) is 43.9 Å². The number of carbonyl (C=O) groups excluding carboxylic acids is 1. The van der Waals surface area contributed by atoms with Crippen LogP contribution in [0, 0.1) is 0 Å². The van der Waals surface area contributed by atoms with Gasteiger partial charge in [0.25, 0.3) is 0 Å². The van der Waals surface area contributed by atoms with Crippen LogP contribution in [0.4, 0.5) is 23.7 Å². The van der Waals surface area contributed by atoms with Gasteiger partial charge in [0.2, 0.25) is 0 Å². The smallest absolute Gasteiger partial charge is 0.416 e. The number of methoxy groups -OCH3 is 2. The number of urea groups is 1. The topological polar surface area (TPSA) is 94.2 Å². The summed E-state index contributed by atoms with van der Waals surface area (Å²) in [6.45, 7) is 4.03. The zero-order chi connectivity index (χ0) is 28.8. The van der Waals surface area contributed by atoms with E-state index in [1.54, 1.807) is 35.2 Å². The Hall–Kier alpha value is -3.93. The highest BCUT2D eigenvalue weighted by molar-refractivity contribution is 7.87. The Balaban J connectivity index is 1.75. The maximum atomic E-state index is 13.2. The molecule has 1 unspecified atom stereocenters. The van der Waals surface area contributed by atoms with Gasteiger partial charge in [-0.3, -0.25) is 0 Å². The summed E-state index contributed by atoms with van der Waals surface area (Å²) in [6.07, 6.45) is -4.02. The van der Waals surface area contributed by atoms with Gasteiger partial charge in [0.15, 0.2) is 0 Å². The standard InChI is InChI=1S/C27H29F3N2O6S/c1-5-18(2)32(26(33)31-21-14-23(36-3)16-24(15-21)37-4)17-19-9-11-22(12-10-19)38-39(34,35)25-8-6-7-20(13-25)27(28,29)30/h6-16,18H,5,17H2,1-4H3,(H,31,33). The number of hydrogen-bond donors (Lipinski definition) is 1. The second kappa shape index (κ2) is 12.3. The van der Waals surface area contributed by atoms with Gasteiger partial charge in [-0.15, -0.1) is 0 Å². The van der Waals surface area contributed by atoms with E-state index in [1.807, 2.05) is 13.8 Å². The van der Waals surface area contributed by atoms with Gasteiger partial charge in [-0.05, 0) is 49.2 Å². The minimum Gasteiger partial charge on any atom is -0.497 e. The lowest BCUT2D eigenvalue weighted by Gasteiger charge is -2.29. The van der Waals surface area contributed by atoms with Gasteiger partial charge in [-0.25, -0.2) is 4.79 Å². The zero-order valence-corrected chi connectivity index (χ0v) is 22.6. The molecule has 210 valence electrons. The van der Waals surface area contributed by atoms with Crippen molar-refractivity contribution >= 4 is 21.8 Å². The van der Waals surface area contributed by atoms with E-state index < -0.39 is 26.8 Å². The van der Waals surface area contributed by atoms with Crippen LogP contribution in [0.2, 0.25) is 0 Å². The zero-order valence-electron chi connectivity index (χ0n) is 21.8. The summed E-state index contributed by atoms with van der Waals surface area (Å²) in [5, 5.41) is 2.85. The molecule has 3 aromatic carbocycles. The Morgan fingerprint density at radius 1 is 0.949 bits per heavy atom. The Morgan fingerprint density at radius 2 is 1.56 bits per heavy atom. The fourth-order valence-corrected chi connectivity index (χ4v) is 4.55. The van der Waals surface area contributed by atoms with Crippen LogP contribution in [-0.2, 0) is 22.8 Å². The molecule has 0 aromatic heterocycles. The third-order valence-corrected chi connectivity index (χ3v) is 7.16. The molecular weight excluding hydrogens is 537 g/mol. The maximum Gasteiger partial charge on any atom is 0.416 e. The van der Waals surface area contributed by atoms with Crippen molar-refractivity contribution in [1.82, 2.24) is 4.90 Å². The number of rotatable bonds is 10. The van der Waals surface area contributed by atoms with E-state index in [-0.39, 0.29) is 24.4 Å². The van der Waals surface area contributed by atoms with Gasteiger partial charge >= 0.3 is 22.3 Å². The summed E-state index contributed by atoms with van der Waals surface area (Å²) in [5.41, 5.74) is 0.0591. The minimum absolute atomic E-state index is 0.0841. The van der Waals surface area contributed by atoms with Gasteiger partial charge < -0.3 is 23.9 Å². The van der Waals surface area contributed by atoms with Crippen LogP contribution in [0.1, 0.15) is 31.4 Å². The number of nitrogens with one attached hydrogen (secondary N) is 1. The molecule has 0 heterocycles. The lowest BCUT2D eigenvalue weighted by molar-refractivity contribution is -0.137. The number of anilines is 1. The number of alkyl halides is 3. The first-order chi connectivity index (χ1) is 18.4. The van der Waals surface area contributed by atoms with Crippen LogP contribution < -0.4 is 19.0 Å². The van der Waals surface area contributed by atoms with Crippen molar-refractivity contribution in [2.75, 3.05) is 19.5 Å². The molecule has 1 N–H and O–H groups in total. The summed E-state index contributed by atoms with van der Waals surface area (Å²) in [7, 11) is -1.50. The van der Waals surface area contributed by atoms with Crippen molar-refractivity contribution in [2.24, 2.45) is 0 Å². The third kappa shape index (κ3) is 7.79. The van der Waals surface area contributed by atoms with E-state index in [9.17, 15) is 26.4 Å². The number of benzene rings is 3. The van der Waals surface area contributed by atoms with E-state index >= 15 is 0 Å². The Kier molecular flexibility index (Phi) is 9.33. The molecule has 2 amide bonds. The molecule has 12 heteroatoms. The van der Waals surface area contributed by atoms with E-state index in [1.165, 1.54) is 26.4 Å². The molecule has 0 aliphatic heterocycles. The molecule has 0 saturated carbocycles. The normalized spacial score (nSPS) is 12.4. The number of halogens is 3. The molecule has 0 spiro atoms. The molecule has 0 radical (unpaired) electrons. The van der Waals surface area contributed by atoms with Crippen molar-refractivity contribution < 1.29 is 40.0 Å². The Morgan fingerprint density at radius 3 is 2.10 bits per heavy atom. The van der Waals surface area contributed by atoms with Gasteiger partial charge in [-0.1, -0.05) is 25.1 Å². The lowest BCUT2D eigenvalue weighted by atomic mass is 10.1. The summed E-state index contributed by atoms with van der Waals surface area (Å²) >= 11 is 0.